The lowest BCUT2D eigenvalue weighted by atomic mass is 9.92. The topological polar surface area (TPSA) is 79.9 Å². The van der Waals surface area contributed by atoms with Crippen molar-refractivity contribution in [2.24, 2.45) is 0 Å². The van der Waals surface area contributed by atoms with Gasteiger partial charge in [-0.1, -0.05) is 0 Å². The first kappa shape index (κ1) is 11.1. The summed E-state index contributed by atoms with van der Waals surface area (Å²) < 4.78 is 5.27. The standard InChI is InChI=1S/C10H16N4O2/c1-7-11-8(14-13-7)9(15)12-10(2)3-5-16-6-4-10/h3-6H2,1-2H3,(H,12,15)(H,11,13,14). The molecule has 1 fully saturated rings. The zero-order chi connectivity index (χ0) is 11.6. The van der Waals surface area contributed by atoms with Crippen LogP contribution in [0.25, 0.3) is 0 Å². The molecule has 1 aliphatic heterocycles. The third kappa shape index (κ3) is 2.38. The molecule has 16 heavy (non-hydrogen) atoms. The lowest BCUT2D eigenvalue weighted by Gasteiger charge is -2.33. The molecule has 88 valence electrons. The van der Waals surface area contributed by atoms with Gasteiger partial charge in [0.2, 0.25) is 5.82 Å². The van der Waals surface area contributed by atoms with E-state index in [-0.39, 0.29) is 17.3 Å². The molecule has 2 N–H and O–H groups in total. The van der Waals surface area contributed by atoms with E-state index in [1.54, 1.807) is 6.92 Å². The molecule has 2 heterocycles. The van der Waals surface area contributed by atoms with E-state index in [9.17, 15) is 4.79 Å². The molecule has 0 atom stereocenters. The highest BCUT2D eigenvalue weighted by Gasteiger charge is 2.30. The molecule has 6 heteroatoms. The van der Waals surface area contributed by atoms with Crippen LogP contribution in [-0.4, -0.2) is 39.8 Å². The van der Waals surface area contributed by atoms with Gasteiger partial charge in [-0.15, -0.1) is 5.10 Å². The van der Waals surface area contributed by atoms with Gasteiger partial charge in [-0.3, -0.25) is 9.89 Å². The van der Waals surface area contributed by atoms with E-state index >= 15 is 0 Å². The molecule has 1 amide bonds. The third-order valence-electron chi connectivity index (χ3n) is 2.81. The predicted octanol–water partition coefficient (Wildman–Crippen LogP) is 0.412. The zero-order valence-corrected chi connectivity index (χ0v) is 9.54. The van der Waals surface area contributed by atoms with Gasteiger partial charge in [0.25, 0.3) is 5.91 Å². The van der Waals surface area contributed by atoms with Crippen LogP contribution in [0, 0.1) is 6.92 Å². The monoisotopic (exact) mass is 224 g/mol. The minimum Gasteiger partial charge on any atom is -0.381 e. The van der Waals surface area contributed by atoms with Crippen molar-refractivity contribution in [2.45, 2.75) is 32.2 Å². The summed E-state index contributed by atoms with van der Waals surface area (Å²) >= 11 is 0. The molecule has 1 aromatic rings. The molecule has 0 spiro atoms. The molecule has 2 rings (SSSR count). The summed E-state index contributed by atoms with van der Waals surface area (Å²) in [6.45, 7) is 5.15. The largest absolute Gasteiger partial charge is 0.381 e. The lowest BCUT2D eigenvalue weighted by Crippen LogP contribution is -2.49. The molecule has 0 saturated carbocycles. The van der Waals surface area contributed by atoms with Gasteiger partial charge in [-0.05, 0) is 26.7 Å². The van der Waals surface area contributed by atoms with Crippen molar-refractivity contribution >= 4 is 5.91 Å². The van der Waals surface area contributed by atoms with Crippen molar-refractivity contribution in [1.82, 2.24) is 20.5 Å². The summed E-state index contributed by atoms with van der Waals surface area (Å²) in [4.78, 5) is 15.8. The van der Waals surface area contributed by atoms with E-state index in [2.05, 4.69) is 20.5 Å². The van der Waals surface area contributed by atoms with Crippen LogP contribution in [0.15, 0.2) is 0 Å². The SMILES string of the molecule is Cc1nc(C(=O)NC2(C)CCOCC2)n[nH]1. The van der Waals surface area contributed by atoms with Crippen molar-refractivity contribution < 1.29 is 9.53 Å². The number of carbonyl (C=O) groups excluding carboxylic acids is 1. The van der Waals surface area contributed by atoms with Gasteiger partial charge in [-0.25, -0.2) is 4.98 Å². The van der Waals surface area contributed by atoms with Crippen LogP contribution in [0.1, 0.15) is 36.2 Å². The van der Waals surface area contributed by atoms with Crippen molar-refractivity contribution in [3.8, 4) is 0 Å². The minimum atomic E-state index is -0.228. The van der Waals surface area contributed by atoms with Gasteiger partial charge in [0.1, 0.15) is 5.82 Å². The summed E-state index contributed by atoms with van der Waals surface area (Å²) in [5, 5.41) is 9.45. The molecule has 1 saturated heterocycles. The van der Waals surface area contributed by atoms with Crippen LogP contribution >= 0.6 is 0 Å². The molecule has 1 aromatic heterocycles. The second-order valence-electron chi connectivity index (χ2n) is 4.37. The van der Waals surface area contributed by atoms with Gasteiger partial charge >= 0.3 is 0 Å². The fourth-order valence-corrected chi connectivity index (χ4v) is 1.72. The molecule has 0 radical (unpaired) electrons. The number of nitrogens with zero attached hydrogens (tertiary/aromatic N) is 2. The molecular weight excluding hydrogens is 208 g/mol. The van der Waals surface area contributed by atoms with Gasteiger partial charge in [0, 0.05) is 18.8 Å². The van der Waals surface area contributed by atoms with Crippen LogP contribution in [0.4, 0.5) is 0 Å². The van der Waals surface area contributed by atoms with E-state index in [4.69, 9.17) is 4.74 Å². The van der Waals surface area contributed by atoms with Gasteiger partial charge in [0.05, 0.1) is 0 Å². The number of amides is 1. The predicted molar refractivity (Wildman–Crippen MR) is 57.0 cm³/mol. The molecule has 0 aliphatic carbocycles. The quantitative estimate of drug-likeness (QED) is 0.762. The maximum Gasteiger partial charge on any atom is 0.291 e. The van der Waals surface area contributed by atoms with Crippen molar-refractivity contribution in [2.75, 3.05) is 13.2 Å². The Kier molecular flexibility index (Phi) is 2.91. The Morgan fingerprint density at radius 1 is 1.50 bits per heavy atom. The van der Waals surface area contributed by atoms with Crippen LogP contribution in [-0.2, 0) is 4.74 Å². The summed E-state index contributed by atoms with van der Waals surface area (Å²) in [7, 11) is 0. The second-order valence-corrected chi connectivity index (χ2v) is 4.37. The number of aromatic amines is 1. The van der Waals surface area contributed by atoms with Gasteiger partial charge in [-0.2, -0.15) is 0 Å². The lowest BCUT2D eigenvalue weighted by molar-refractivity contribution is 0.0419. The number of H-pyrrole nitrogens is 1. The zero-order valence-electron chi connectivity index (χ0n) is 9.54. The summed E-state index contributed by atoms with van der Waals surface area (Å²) in [6, 6.07) is 0. The minimum absolute atomic E-state index is 0.199. The maximum absolute atomic E-state index is 11.8. The Labute approximate surface area is 93.8 Å². The Morgan fingerprint density at radius 2 is 2.19 bits per heavy atom. The Hall–Kier alpha value is -1.43. The molecule has 0 bridgehead atoms. The summed E-state index contributed by atoms with van der Waals surface area (Å²) in [5.41, 5.74) is -0.204. The Bertz CT molecular complexity index is 382. The van der Waals surface area contributed by atoms with E-state index in [1.807, 2.05) is 6.92 Å². The molecule has 6 nitrogen and oxygen atoms in total. The number of hydrogen-bond donors (Lipinski definition) is 2. The Morgan fingerprint density at radius 3 is 2.75 bits per heavy atom. The second kappa shape index (κ2) is 4.21. The van der Waals surface area contributed by atoms with Crippen LogP contribution in [0.3, 0.4) is 0 Å². The molecule has 0 aromatic carbocycles. The van der Waals surface area contributed by atoms with Crippen LogP contribution < -0.4 is 5.32 Å². The smallest absolute Gasteiger partial charge is 0.291 e. The molecule has 0 unspecified atom stereocenters. The Balaban J connectivity index is 2.01. The summed E-state index contributed by atoms with van der Waals surface area (Å²) in [5.74, 6) is 0.612. The van der Waals surface area contributed by atoms with E-state index in [0.29, 0.717) is 19.0 Å². The fraction of sp³-hybridized carbons (Fsp3) is 0.700. The van der Waals surface area contributed by atoms with E-state index in [1.165, 1.54) is 0 Å². The number of hydrogen-bond acceptors (Lipinski definition) is 4. The average Bonchev–Trinajstić information content (AvgIpc) is 2.65. The number of aromatic nitrogens is 3. The average molecular weight is 224 g/mol. The first-order valence-corrected chi connectivity index (χ1v) is 5.38. The van der Waals surface area contributed by atoms with E-state index < -0.39 is 0 Å². The van der Waals surface area contributed by atoms with Crippen molar-refractivity contribution in [3.63, 3.8) is 0 Å². The normalized spacial score (nSPS) is 19.4. The number of ether oxygens (including phenoxy) is 1. The van der Waals surface area contributed by atoms with Crippen molar-refractivity contribution in [1.29, 1.82) is 0 Å². The highest BCUT2D eigenvalue weighted by molar-refractivity contribution is 5.90. The number of nitrogens with one attached hydrogen (secondary N) is 2. The highest BCUT2D eigenvalue weighted by atomic mass is 16.5. The third-order valence-corrected chi connectivity index (χ3v) is 2.81. The number of aryl methyl sites for hydroxylation is 1. The van der Waals surface area contributed by atoms with Crippen molar-refractivity contribution in [3.05, 3.63) is 11.6 Å². The fourth-order valence-electron chi connectivity index (χ4n) is 1.72. The molecular formula is C10H16N4O2. The first-order chi connectivity index (χ1) is 7.59. The summed E-state index contributed by atoms with van der Waals surface area (Å²) in [6.07, 6.45) is 1.64. The van der Waals surface area contributed by atoms with Crippen LogP contribution in [0.5, 0.6) is 0 Å². The van der Waals surface area contributed by atoms with Gasteiger partial charge < -0.3 is 10.1 Å². The van der Waals surface area contributed by atoms with Crippen LogP contribution in [0.2, 0.25) is 0 Å². The highest BCUT2D eigenvalue weighted by Crippen LogP contribution is 2.19. The molecule has 1 aliphatic rings. The number of carbonyl (C=O) groups is 1. The van der Waals surface area contributed by atoms with Gasteiger partial charge in [0.15, 0.2) is 0 Å². The number of rotatable bonds is 2. The maximum atomic E-state index is 11.8. The van der Waals surface area contributed by atoms with E-state index in [0.717, 1.165) is 12.8 Å². The first-order valence-electron chi connectivity index (χ1n) is 5.38.